The van der Waals surface area contributed by atoms with Gasteiger partial charge in [0.2, 0.25) is 0 Å². The topological polar surface area (TPSA) is 120 Å². The molecule has 270 valence electrons. The number of rotatable bonds is 10. The van der Waals surface area contributed by atoms with Crippen LogP contribution in [0.3, 0.4) is 0 Å². The van der Waals surface area contributed by atoms with Gasteiger partial charge in [-0.3, -0.25) is 9.69 Å². The van der Waals surface area contributed by atoms with Crippen molar-refractivity contribution in [2.75, 3.05) is 69.8 Å². The number of hydrogen-bond donors (Lipinski definition) is 1. The predicted octanol–water partition coefficient (Wildman–Crippen LogP) is 5.40. The lowest BCUT2D eigenvalue weighted by Gasteiger charge is -2.63. The highest BCUT2D eigenvalue weighted by atomic mass is 16.5. The van der Waals surface area contributed by atoms with Crippen molar-refractivity contribution in [3.05, 3.63) is 77.6 Å². The molecule has 3 heterocycles. The fourth-order valence-corrected chi connectivity index (χ4v) is 8.54. The van der Waals surface area contributed by atoms with E-state index in [1.165, 1.54) is 7.11 Å². The molecule has 1 aromatic heterocycles. The van der Waals surface area contributed by atoms with Crippen molar-refractivity contribution in [2.45, 2.75) is 52.7 Å². The molecular weight excluding hydrogens is 644 g/mol. The lowest BCUT2D eigenvalue weighted by molar-refractivity contribution is -0.164. The van der Waals surface area contributed by atoms with Crippen LogP contribution in [0.5, 0.6) is 11.5 Å². The molecule has 1 N–H and O–H groups in total. The summed E-state index contributed by atoms with van der Waals surface area (Å²) in [6.07, 6.45) is 3.90. The van der Waals surface area contributed by atoms with E-state index in [4.69, 9.17) is 14.2 Å². The van der Waals surface area contributed by atoms with Crippen LogP contribution in [0, 0.1) is 28.1 Å². The Bertz CT molecular complexity index is 1720. The average Bonchev–Trinajstić information content (AvgIpc) is 3.16. The molecule has 1 aliphatic carbocycles. The van der Waals surface area contributed by atoms with E-state index in [9.17, 15) is 14.9 Å². The van der Waals surface area contributed by atoms with Gasteiger partial charge in [-0.15, -0.1) is 0 Å². The standard InChI is InChI=1S/C40H50N6O5/c1-39(2)37(40(3,4)38(39)51-32-13-9-29(24-41)34(23-32)49-5)43-35(47)28-7-10-30(11-8-28)45-17-15-27(16-18-45)26-44-19-21-46(22-20-44)31-12-14-33(42-25-31)36(48)50-6/h7-14,23,25,27,37-38H,15-22,26H2,1-6H3,(H,43,47)/t37-,38-. The van der Waals surface area contributed by atoms with E-state index < -0.39 is 5.97 Å². The van der Waals surface area contributed by atoms with Gasteiger partial charge in [-0.2, -0.15) is 5.26 Å². The highest BCUT2D eigenvalue weighted by molar-refractivity contribution is 5.95. The second kappa shape index (κ2) is 14.8. The van der Waals surface area contributed by atoms with Gasteiger partial charge in [-0.05, 0) is 67.3 Å². The summed E-state index contributed by atoms with van der Waals surface area (Å²) in [6, 6.07) is 19.0. The SMILES string of the molecule is COC(=O)c1ccc(N2CCN(CC3CCN(c4ccc(C(=O)N[C@H]5C(C)(C)[C@H](Oc6ccc(C#N)c(OC)c6)C5(C)C)cc4)CC3)CC2)cn1. The van der Waals surface area contributed by atoms with Crippen molar-refractivity contribution < 1.29 is 23.8 Å². The number of pyridine rings is 1. The van der Waals surface area contributed by atoms with Gasteiger partial charge >= 0.3 is 5.97 Å². The first-order valence-electron chi connectivity index (χ1n) is 17.9. The number of aromatic nitrogens is 1. The molecule has 3 aliphatic rings. The van der Waals surface area contributed by atoms with Gasteiger partial charge in [0.15, 0.2) is 0 Å². The van der Waals surface area contributed by atoms with Crippen LogP contribution in [0.25, 0.3) is 0 Å². The van der Waals surface area contributed by atoms with Crippen LogP contribution < -0.4 is 24.6 Å². The summed E-state index contributed by atoms with van der Waals surface area (Å²) in [6.45, 7) is 15.5. The third kappa shape index (κ3) is 7.47. The van der Waals surface area contributed by atoms with Crippen molar-refractivity contribution in [3.63, 3.8) is 0 Å². The van der Waals surface area contributed by atoms with Crippen LogP contribution in [0.2, 0.25) is 0 Å². The Morgan fingerprint density at radius 3 is 2.12 bits per heavy atom. The van der Waals surface area contributed by atoms with Gasteiger partial charge in [0.05, 0.1) is 31.7 Å². The third-order valence-electron chi connectivity index (χ3n) is 11.2. The third-order valence-corrected chi connectivity index (χ3v) is 11.2. The number of esters is 1. The van der Waals surface area contributed by atoms with Gasteiger partial charge in [-0.25, -0.2) is 9.78 Å². The Balaban J connectivity index is 0.957. The molecule has 1 amide bonds. The lowest BCUT2D eigenvalue weighted by Crippen LogP contribution is -2.74. The number of nitriles is 1. The second-order valence-corrected chi connectivity index (χ2v) is 15.2. The van der Waals surface area contributed by atoms with E-state index in [-0.39, 0.29) is 28.9 Å². The number of amides is 1. The molecular formula is C40H50N6O5. The van der Waals surface area contributed by atoms with Gasteiger partial charge in [0.1, 0.15) is 29.4 Å². The summed E-state index contributed by atoms with van der Waals surface area (Å²) < 4.78 is 16.6. The van der Waals surface area contributed by atoms with E-state index in [0.717, 1.165) is 70.0 Å². The second-order valence-electron chi connectivity index (χ2n) is 15.2. The first-order valence-corrected chi connectivity index (χ1v) is 17.9. The molecule has 2 saturated heterocycles. The monoisotopic (exact) mass is 694 g/mol. The number of anilines is 2. The minimum atomic E-state index is -0.416. The highest BCUT2D eigenvalue weighted by Gasteiger charge is 2.64. The van der Waals surface area contributed by atoms with E-state index in [2.05, 4.69) is 70.9 Å². The van der Waals surface area contributed by atoms with Crippen molar-refractivity contribution in [2.24, 2.45) is 16.7 Å². The quantitative estimate of drug-likeness (QED) is 0.277. The maximum atomic E-state index is 13.5. The highest BCUT2D eigenvalue weighted by Crippen LogP contribution is 2.55. The number of benzene rings is 2. The van der Waals surface area contributed by atoms with Crippen LogP contribution in [-0.4, -0.2) is 93.9 Å². The minimum Gasteiger partial charge on any atom is -0.495 e. The Morgan fingerprint density at radius 1 is 0.882 bits per heavy atom. The number of nitrogens with one attached hydrogen (secondary N) is 1. The predicted molar refractivity (Wildman–Crippen MR) is 197 cm³/mol. The number of nitrogens with zero attached hydrogens (tertiary/aromatic N) is 5. The van der Waals surface area contributed by atoms with Gasteiger partial charge in [0.25, 0.3) is 5.91 Å². The molecule has 0 spiro atoms. The summed E-state index contributed by atoms with van der Waals surface area (Å²) in [5.41, 5.74) is 2.98. The van der Waals surface area contributed by atoms with Gasteiger partial charge < -0.3 is 29.3 Å². The van der Waals surface area contributed by atoms with Crippen LogP contribution in [0.1, 0.15) is 66.9 Å². The molecule has 51 heavy (non-hydrogen) atoms. The lowest BCUT2D eigenvalue weighted by atomic mass is 9.49. The van der Waals surface area contributed by atoms with Gasteiger partial charge in [0, 0.05) is 80.0 Å². The number of piperazine rings is 1. The van der Waals surface area contributed by atoms with E-state index in [1.807, 2.05) is 18.2 Å². The Hall–Kier alpha value is -4.82. The smallest absolute Gasteiger partial charge is 0.356 e. The largest absolute Gasteiger partial charge is 0.495 e. The number of methoxy groups -OCH3 is 2. The van der Waals surface area contributed by atoms with E-state index >= 15 is 0 Å². The zero-order valence-electron chi connectivity index (χ0n) is 30.6. The van der Waals surface area contributed by atoms with E-state index in [0.29, 0.717) is 34.2 Å². The Labute approximate surface area is 301 Å². The number of piperidine rings is 1. The molecule has 0 unspecified atom stereocenters. The maximum absolute atomic E-state index is 13.5. The molecule has 11 heteroatoms. The van der Waals surface area contributed by atoms with Crippen LogP contribution in [0.15, 0.2) is 60.8 Å². The molecule has 11 nitrogen and oxygen atoms in total. The molecule has 1 saturated carbocycles. The number of hydrogen-bond acceptors (Lipinski definition) is 10. The minimum absolute atomic E-state index is 0.0838. The first kappa shape index (κ1) is 36.0. The van der Waals surface area contributed by atoms with Crippen molar-refractivity contribution in [1.29, 1.82) is 5.26 Å². The van der Waals surface area contributed by atoms with Crippen molar-refractivity contribution in [3.8, 4) is 17.6 Å². The van der Waals surface area contributed by atoms with E-state index in [1.54, 1.807) is 37.6 Å². The van der Waals surface area contributed by atoms with Crippen LogP contribution in [0.4, 0.5) is 11.4 Å². The molecule has 0 atom stereocenters. The van der Waals surface area contributed by atoms with Crippen molar-refractivity contribution >= 4 is 23.3 Å². The maximum Gasteiger partial charge on any atom is 0.356 e. The molecule has 2 aliphatic heterocycles. The number of ether oxygens (including phenoxy) is 3. The summed E-state index contributed by atoms with van der Waals surface area (Å²) in [5, 5.41) is 12.6. The molecule has 3 aromatic rings. The number of carbonyl (C=O) groups is 2. The Kier molecular flexibility index (Phi) is 10.4. The fourth-order valence-electron chi connectivity index (χ4n) is 8.54. The summed E-state index contributed by atoms with van der Waals surface area (Å²) in [5.74, 6) is 1.29. The molecule has 2 aromatic carbocycles. The van der Waals surface area contributed by atoms with Crippen molar-refractivity contribution in [1.82, 2.24) is 15.2 Å². The molecule has 6 rings (SSSR count). The average molecular weight is 695 g/mol. The fraction of sp³-hybridized carbons (Fsp3) is 0.500. The number of carbonyl (C=O) groups excluding carboxylic acids is 2. The summed E-state index contributed by atoms with van der Waals surface area (Å²) in [4.78, 5) is 36.8. The zero-order chi connectivity index (χ0) is 36.3. The summed E-state index contributed by atoms with van der Waals surface area (Å²) >= 11 is 0. The molecule has 0 radical (unpaired) electrons. The molecule has 3 fully saturated rings. The summed E-state index contributed by atoms with van der Waals surface area (Å²) in [7, 11) is 2.91. The van der Waals surface area contributed by atoms with Crippen LogP contribution >= 0.6 is 0 Å². The van der Waals surface area contributed by atoms with Crippen LogP contribution in [-0.2, 0) is 4.74 Å². The van der Waals surface area contributed by atoms with Gasteiger partial charge in [-0.1, -0.05) is 27.7 Å². The zero-order valence-corrected chi connectivity index (χ0v) is 30.6. The normalized spacial score (nSPS) is 21.6. The first-order chi connectivity index (χ1) is 24.4. The molecule has 0 bridgehead atoms. The Morgan fingerprint density at radius 2 is 1.53 bits per heavy atom.